The Hall–Kier alpha value is -2.88. The van der Waals surface area contributed by atoms with Crippen LogP contribution in [0.1, 0.15) is 12.7 Å². The van der Waals surface area contributed by atoms with Crippen LogP contribution in [0.3, 0.4) is 0 Å². The molecule has 0 radical (unpaired) electrons. The second-order valence-electron chi connectivity index (χ2n) is 4.19. The van der Waals surface area contributed by atoms with Gasteiger partial charge in [-0.2, -0.15) is 18.4 Å². The van der Waals surface area contributed by atoms with E-state index in [-0.39, 0.29) is 10.7 Å². The third-order valence-electron chi connectivity index (χ3n) is 2.60. The zero-order valence-electron chi connectivity index (χ0n) is 12.0. The molecule has 1 N–H and O–H groups in total. The molecular weight excluding hydrogens is 326 g/mol. The molecule has 0 saturated heterocycles. The number of nitrogens with one attached hydrogen (secondary N) is 1. The predicted octanol–water partition coefficient (Wildman–Crippen LogP) is 1.90. The lowest BCUT2D eigenvalue weighted by Crippen LogP contribution is -2.18. The van der Waals surface area contributed by atoms with Gasteiger partial charge >= 0.3 is 5.88 Å². The Bertz CT molecular complexity index is 810. The van der Waals surface area contributed by atoms with Crippen LogP contribution in [-0.2, 0) is 10.0 Å². The Balaban J connectivity index is 2.05. The molecule has 0 fully saturated rings. The van der Waals surface area contributed by atoms with Crippen molar-refractivity contribution in [1.82, 2.24) is 4.83 Å². The lowest BCUT2D eigenvalue weighted by Gasteiger charge is -2.05. The van der Waals surface area contributed by atoms with Crippen molar-refractivity contribution < 1.29 is 22.5 Å². The maximum Gasteiger partial charge on any atom is 0.433 e. The molecule has 1 aromatic carbocycles. The fraction of sp³-hybridized carbons (Fsp3) is 0.154. The minimum Gasteiger partial charge on any atom is -0.494 e. The van der Waals surface area contributed by atoms with Gasteiger partial charge in [-0.25, -0.2) is 0 Å². The van der Waals surface area contributed by atoms with Crippen LogP contribution >= 0.6 is 0 Å². The van der Waals surface area contributed by atoms with E-state index in [2.05, 4.69) is 5.10 Å². The number of ether oxygens (including phenoxy) is 1. The molecule has 0 aliphatic carbocycles. The molecule has 122 valence electrons. The van der Waals surface area contributed by atoms with E-state index in [0.29, 0.717) is 12.4 Å². The molecule has 23 heavy (non-hydrogen) atoms. The van der Waals surface area contributed by atoms with E-state index in [9.17, 15) is 18.5 Å². The highest BCUT2D eigenvalue weighted by Gasteiger charge is 2.13. The van der Waals surface area contributed by atoms with Crippen molar-refractivity contribution in [2.24, 2.45) is 5.10 Å². The molecule has 1 aromatic heterocycles. The number of rotatable bonds is 7. The van der Waals surface area contributed by atoms with Crippen LogP contribution in [0.2, 0.25) is 0 Å². The van der Waals surface area contributed by atoms with Gasteiger partial charge in [0.15, 0.2) is 5.76 Å². The molecular formula is C13H13N3O6S. The van der Waals surface area contributed by atoms with E-state index in [4.69, 9.17) is 9.15 Å². The normalized spacial score (nSPS) is 11.5. The topological polar surface area (TPSA) is 124 Å². The van der Waals surface area contributed by atoms with Crippen molar-refractivity contribution in [3.63, 3.8) is 0 Å². The van der Waals surface area contributed by atoms with Gasteiger partial charge in [0.1, 0.15) is 10.7 Å². The van der Waals surface area contributed by atoms with E-state index in [0.717, 1.165) is 12.3 Å². The first-order valence-corrected chi connectivity index (χ1v) is 7.92. The highest BCUT2D eigenvalue weighted by atomic mass is 32.2. The van der Waals surface area contributed by atoms with Crippen molar-refractivity contribution in [3.05, 3.63) is 52.3 Å². The summed E-state index contributed by atoms with van der Waals surface area (Å²) in [6.45, 7) is 2.30. The van der Waals surface area contributed by atoms with Crippen molar-refractivity contribution in [2.45, 2.75) is 11.8 Å². The summed E-state index contributed by atoms with van der Waals surface area (Å²) in [5.41, 5.74) is 0. The van der Waals surface area contributed by atoms with Gasteiger partial charge in [0.05, 0.1) is 23.8 Å². The fourth-order valence-electron chi connectivity index (χ4n) is 1.60. The SMILES string of the molecule is CCOc1ccc(S(=O)(=O)NN=Cc2ccc([N+](=O)[O-])o2)cc1. The summed E-state index contributed by atoms with van der Waals surface area (Å²) in [5, 5.41) is 14.0. The molecule has 0 bridgehead atoms. The van der Waals surface area contributed by atoms with Crippen molar-refractivity contribution in [2.75, 3.05) is 6.61 Å². The molecule has 0 atom stereocenters. The van der Waals surface area contributed by atoms with Crippen LogP contribution in [0.25, 0.3) is 0 Å². The van der Waals surface area contributed by atoms with Crippen molar-refractivity contribution >= 4 is 22.1 Å². The van der Waals surface area contributed by atoms with Crippen LogP contribution in [-0.4, -0.2) is 26.2 Å². The highest BCUT2D eigenvalue weighted by Crippen LogP contribution is 2.16. The summed E-state index contributed by atoms with van der Waals surface area (Å²) in [4.78, 5) is 11.7. The fourth-order valence-corrected chi connectivity index (χ4v) is 2.39. The largest absolute Gasteiger partial charge is 0.494 e. The molecule has 9 nitrogen and oxygen atoms in total. The maximum atomic E-state index is 12.0. The van der Waals surface area contributed by atoms with E-state index in [1.807, 2.05) is 11.8 Å². The Morgan fingerprint density at radius 1 is 1.30 bits per heavy atom. The first-order valence-electron chi connectivity index (χ1n) is 6.44. The van der Waals surface area contributed by atoms with Crippen LogP contribution in [0, 0.1) is 10.1 Å². The lowest BCUT2D eigenvalue weighted by atomic mass is 10.3. The second-order valence-corrected chi connectivity index (χ2v) is 5.85. The first kappa shape index (κ1) is 16.5. The summed E-state index contributed by atoms with van der Waals surface area (Å²) < 4.78 is 34.0. The van der Waals surface area contributed by atoms with Crippen LogP contribution < -0.4 is 9.57 Å². The zero-order valence-corrected chi connectivity index (χ0v) is 12.8. The number of hydrogen-bond donors (Lipinski definition) is 1. The minimum absolute atomic E-state index is 0.00327. The number of sulfonamides is 1. The number of hydrogen-bond acceptors (Lipinski definition) is 7. The highest BCUT2D eigenvalue weighted by molar-refractivity contribution is 7.89. The third kappa shape index (κ3) is 4.30. The molecule has 0 unspecified atom stereocenters. The molecule has 0 amide bonds. The summed E-state index contributed by atoms with van der Waals surface area (Å²) in [6, 6.07) is 8.24. The number of nitro groups is 1. The quantitative estimate of drug-likeness (QED) is 0.467. The van der Waals surface area contributed by atoms with Crippen LogP contribution in [0.4, 0.5) is 5.88 Å². The molecule has 2 aromatic rings. The average Bonchev–Trinajstić information content (AvgIpc) is 2.97. The molecule has 0 saturated carbocycles. The maximum absolute atomic E-state index is 12.0. The smallest absolute Gasteiger partial charge is 0.433 e. The van der Waals surface area contributed by atoms with E-state index >= 15 is 0 Å². The van der Waals surface area contributed by atoms with Gasteiger partial charge in [0.2, 0.25) is 0 Å². The summed E-state index contributed by atoms with van der Waals surface area (Å²) in [6.07, 6.45) is 1.03. The molecule has 1 heterocycles. The summed E-state index contributed by atoms with van der Waals surface area (Å²) >= 11 is 0. The molecule has 0 spiro atoms. The number of hydrazone groups is 1. The first-order chi connectivity index (χ1) is 10.9. The number of benzene rings is 1. The Labute approximate surface area is 131 Å². The van der Waals surface area contributed by atoms with Crippen molar-refractivity contribution in [1.29, 1.82) is 0 Å². The lowest BCUT2D eigenvalue weighted by molar-refractivity contribution is -0.402. The monoisotopic (exact) mass is 339 g/mol. The Morgan fingerprint density at radius 2 is 2.00 bits per heavy atom. The van der Waals surface area contributed by atoms with Gasteiger partial charge in [0, 0.05) is 0 Å². The zero-order chi connectivity index (χ0) is 16.9. The standard InChI is InChI=1S/C13H13N3O6S/c1-2-21-10-3-6-12(7-4-10)23(19,20)15-14-9-11-5-8-13(22-11)16(17)18/h3-9,15H,2H2,1H3. The van der Waals surface area contributed by atoms with Gasteiger partial charge in [-0.05, 0) is 37.3 Å². The molecule has 0 aliphatic heterocycles. The van der Waals surface area contributed by atoms with Gasteiger partial charge in [-0.15, -0.1) is 0 Å². The van der Waals surface area contributed by atoms with E-state index < -0.39 is 20.8 Å². The van der Waals surface area contributed by atoms with Crippen LogP contribution in [0.5, 0.6) is 5.75 Å². The predicted molar refractivity (Wildman–Crippen MR) is 80.9 cm³/mol. The molecule has 2 rings (SSSR count). The average molecular weight is 339 g/mol. The Kier molecular flexibility index (Phi) is 4.96. The Morgan fingerprint density at radius 3 is 2.57 bits per heavy atom. The summed E-state index contributed by atoms with van der Waals surface area (Å²) in [5.74, 6) is 0.143. The number of furan rings is 1. The molecule has 10 heteroatoms. The molecule has 0 aliphatic rings. The van der Waals surface area contributed by atoms with Crippen molar-refractivity contribution in [3.8, 4) is 5.75 Å². The third-order valence-corrected chi connectivity index (χ3v) is 3.84. The van der Waals surface area contributed by atoms with Gasteiger partial charge < -0.3 is 9.15 Å². The van der Waals surface area contributed by atoms with Gasteiger partial charge in [-0.3, -0.25) is 10.1 Å². The van der Waals surface area contributed by atoms with Gasteiger partial charge in [0.25, 0.3) is 10.0 Å². The van der Waals surface area contributed by atoms with Gasteiger partial charge in [-0.1, -0.05) is 0 Å². The van der Waals surface area contributed by atoms with E-state index in [1.54, 1.807) is 0 Å². The van der Waals surface area contributed by atoms with Crippen LogP contribution in [0.15, 0.2) is 50.8 Å². The second kappa shape index (κ2) is 6.92. The minimum atomic E-state index is -3.85. The summed E-state index contributed by atoms with van der Waals surface area (Å²) in [7, 11) is -3.85. The van der Waals surface area contributed by atoms with E-state index in [1.165, 1.54) is 30.3 Å². The number of nitrogens with zero attached hydrogens (tertiary/aromatic N) is 2.